The molecule has 1 atom stereocenters. The minimum atomic E-state index is -0.786. The molecule has 0 aromatic rings. The van der Waals surface area contributed by atoms with Gasteiger partial charge in [0.05, 0.1) is 11.5 Å². The molecule has 2 fully saturated rings. The van der Waals surface area contributed by atoms with Crippen LogP contribution >= 0.6 is 0 Å². The molecule has 0 radical (unpaired) electrons. The van der Waals surface area contributed by atoms with Crippen LogP contribution in [0.15, 0.2) is 0 Å². The molecule has 2 rings (SSSR count). The third kappa shape index (κ3) is 4.00. The monoisotopic (exact) mass is 310 g/mol. The van der Waals surface area contributed by atoms with Gasteiger partial charge in [0, 0.05) is 26.6 Å². The van der Waals surface area contributed by atoms with E-state index >= 15 is 0 Å². The van der Waals surface area contributed by atoms with Gasteiger partial charge in [-0.3, -0.25) is 9.59 Å². The van der Waals surface area contributed by atoms with E-state index in [0.29, 0.717) is 19.0 Å². The standard InChI is InChI=1S/C17H30N2O3/c1-16(2,3)13-5-7-17(22,8-6-13)11-18-15(21)12-9-14(20)19(4)10-12/h12-13,22H,5-11H2,1-4H3,(H,18,21). The molecule has 22 heavy (non-hydrogen) atoms. The largest absolute Gasteiger partial charge is 0.388 e. The van der Waals surface area contributed by atoms with Crippen LogP contribution in [0.5, 0.6) is 0 Å². The summed E-state index contributed by atoms with van der Waals surface area (Å²) in [5.41, 5.74) is -0.509. The first kappa shape index (κ1) is 17.3. The van der Waals surface area contributed by atoms with Gasteiger partial charge in [-0.15, -0.1) is 0 Å². The van der Waals surface area contributed by atoms with Crippen molar-refractivity contribution in [2.24, 2.45) is 17.3 Å². The van der Waals surface area contributed by atoms with E-state index in [1.54, 1.807) is 11.9 Å². The fourth-order valence-electron chi connectivity index (χ4n) is 3.63. The number of aliphatic hydroxyl groups is 1. The number of nitrogens with one attached hydrogen (secondary N) is 1. The highest BCUT2D eigenvalue weighted by Gasteiger charge is 2.38. The van der Waals surface area contributed by atoms with Crippen molar-refractivity contribution < 1.29 is 14.7 Å². The molecule has 5 nitrogen and oxygen atoms in total. The summed E-state index contributed by atoms with van der Waals surface area (Å²) in [7, 11) is 1.72. The maximum absolute atomic E-state index is 12.1. The van der Waals surface area contributed by atoms with Crippen LogP contribution in [0.1, 0.15) is 52.9 Å². The molecular weight excluding hydrogens is 280 g/mol. The number of amides is 2. The highest BCUT2D eigenvalue weighted by molar-refractivity contribution is 5.89. The van der Waals surface area contributed by atoms with E-state index in [-0.39, 0.29) is 29.6 Å². The van der Waals surface area contributed by atoms with Gasteiger partial charge < -0.3 is 15.3 Å². The Kier molecular flexibility index (Phi) is 4.85. The Morgan fingerprint density at radius 3 is 2.41 bits per heavy atom. The van der Waals surface area contributed by atoms with Crippen LogP contribution in [0.25, 0.3) is 0 Å². The number of likely N-dealkylation sites (tertiary alicyclic amines) is 1. The second kappa shape index (κ2) is 6.19. The average Bonchev–Trinajstić information content (AvgIpc) is 2.76. The molecule has 2 amide bonds. The van der Waals surface area contributed by atoms with Crippen molar-refractivity contribution in [1.82, 2.24) is 10.2 Å². The van der Waals surface area contributed by atoms with Gasteiger partial charge in [0.25, 0.3) is 0 Å². The van der Waals surface area contributed by atoms with E-state index in [1.807, 2.05) is 0 Å². The molecule has 2 N–H and O–H groups in total. The van der Waals surface area contributed by atoms with E-state index < -0.39 is 5.60 Å². The van der Waals surface area contributed by atoms with Crippen molar-refractivity contribution in [3.63, 3.8) is 0 Å². The maximum atomic E-state index is 12.1. The third-order valence-electron chi connectivity index (χ3n) is 5.44. The first-order chi connectivity index (χ1) is 10.1. The van der Waals surface area contributed by atoms with Gasteiger partial charge >= 0.3 is 0 Å². The molecular formula is C17H30N2O3. The SMILES string of the molecule is CN1CC(C(=O)NCC2(O)CCC(C(C)(C)C)CC2)CC1=O. The van der Waals surface area contributed by atoms with E-state index in [4.69, 9.17) is 0 Å². The lowest BCUT2D eigenvalue weighted by Gasteiger charge is -2.41. The van der Waals surface area contributed by atoms with Crippen LogP contribution in [-0.4, -0.2) is 47.6 Å². The Labute approximate surface area is 133 Å². The highest BCUT2D eigenvalue weighted by atomic mass is 16.3. The number of hydrogen-bond donors (Lipinski definition) is 2. The summed E-state index contributed by atoms with van der Waals surface area (Å²) in [5, 5.41) is 13.5. The van der Waals surface area contributed by atoms with Crippen LogP contribution in [0.3, 0.4) is 0 Å². The normalized spacial score (nSPS) is 33.1. The zero-order valence-corrected chi connectivity index (χ0v) is 14.3. The molecule has 1 aliphatic carbocycles. The summed E-state index contributed by atoms with van der Waals surface area (Å²) in [5.74, 6) is 0.269. The number of nitrogens with zero attached hydrogens (tertiary/aromatic N) is 1. The summed E-state index contributed by atoms with van der Waals surface area (Å²) in [6.07, 6.45) is 3.76. The van der Waals surface area contributed by atoms with Crippen molar-refractivity contribution in [2.45, 2.75) is 58.5 Å². The number of carbonyl (C=O) groups excluding carboxylic acids is 2. The first-order valence-corrected chi connectivity index (χ1v) is 8.35. The molecule has 2 aliphatic rings. The zero-order valence-electron chi connectivity index (χ0n) is 14.3. The van der Waals surface area contributed by atoms with Crippen LogP contribution < -0.4 is 5.32 Å². The quantitative estimate of drug-likeness (QED) is 0.831. The molecule has 1 saturated heterocycles. The van der Waals surface area contributed by atoms with Gasteiger partial charge in [0.1, 0.15) is 0 Å². The fourth-order valence-corrected chi connectivity index (χ4v) is 3.63. The zero-order chi connectivity index (χ0) is 16.5. The number of hydrogen-bond acceptors (Lipinski definition) is 3. The van der Waals surface area contributed by atoms with Crippen molar-refractivity contribution in [1.29, 1.82) is 0 Å². The Bertz CT molecular complexity index is 434. The molecule has 0 spiro atoms. The van der Waals surface area contributed by atoms with Gasteiger partial charge in [-0.2, -0.15) is 0 Å². The second-order valence-electron chi connectivity index (χ2n) is 8.26. The number of carbonyl (C=O) groups is 2. The summed E-state index contributed by atoms with van der Waals surface area (Å²) < 4.78 is 0. The molecule has 1 aliphatic heterocycles. The van der Waals surface area contributed by atoms with Crippen molar-refractivity contribution in [3.05, 3.63) is 0 Å². The van der Waals surface area contributed by atoms with E-state index in [0.717, 1.165) is 25.7 Å². The summed E-state index contributed by atoms with van der Waals surface area (Å²) >= 11 is 0. The minimum Gasteiger partial charge on any atom is -0.388 e. The molecule has 5 heteroatoms. The lowest BCUT2D eigenvalue weighted by atomic mass is 9.68. The number of rotatable bonds is 3. The molecule has 126 valence electrons. The van der Waals surface area contributed by atoms with Crippen LogP contribution in [-0.2, 0) is 9.59 Å². The average molecular weight is 310 g/mol. The highest BCUT2D eigenvalue weighted by Crippen LogP contribution is 2.41. The van der Waals surface area contributed by atoms with Crippen LogP contribution in [0.2, 0.25) is 0 Å². The van der Waals surface area contributed by atoms with Crippen LogP contribution in [0, 0.1) is 17.3 Å². The van der Waals surface area contributed by atoms with Gasteiger partial charge in [-0.1, -0.05) is 20.8 Å². The van der Waals surface area contributed by atoms with E-state index in [2.05, 4.69) is 26.1 Å². The summed E-state index contributed by atoms with van der Waals surface area (Å²) in [6.45, 7) is 7.53. The maximum Gasteiger partial charge on any atom is 0.225 e. The lowest BCUT2D eigenvalue weighted by molar-refractivity contribution is -0.129. The predicted molar refractivity (Wildman–Crippen MR) is 85.1 cm³/mol. The second-order valence-corrected chi connectivity index (χ2v) is 8.26. The van der Waals surface area contributed by atoms with Crippen molar-refractivity contribution >= 4 is 11.8 Å². The van der Waals surface area contributed by atoms with Crippen LogP contribution in [0.4, 0.5) is 0 Å². The lowest BCUT2D eigenvalue weighted by Crippen LogP contribution is -2.48. The van der Waals surface area contributed by atoms with Gasteiger partial charge in [-0.25, -0.2) is 0 Å². The smallest absolute Gasteiger partial charge is 0.225 e. The van der Waals surface area contributed by atoms with E-state index in [1.165, 1.54) is 0 Å². The predicted octanol–water partition coefficient (Wildman–Crippen LogP) is 1.55. The Morgan fingerprint density at radius 2 is 1.95 bits per heavy atom. The molecule has 0 aromatic heterocycles. The van der Waals surface area contributed by atoms with Gasteiger partial charge in [0.2, 0.25) is 11.8 Å². The minimum absolute atomic E-state index is 0.0181. The topological polar surface area (TPSA) is 69.6 Å². The molecule has 1 unspecified atom stereocenters. The van der Waals surface area contributed by atoms with E-state index in [9.17, 15) is 14.7 Å². The van der Waals surface area contributed by atoms with Crippen molar-refractivity contribution in [2.75, 3.05) is 20.1 Å². The molecule has 0 aromatic carbocycles. The Morgan fingerprint density at radius 1 is 1.36 bits per heavy atom. The van der Waals surface area contributed by atoms with Gasteiger partial charge in [-0.05, 0) is 37.0 Å². The molecule has 1 heterocycles. The first-order valence-electron chi connectivity index (χ1n) is 8.35. The third-order valence-corrected chi connectivity index (χ3v) is 5.44. The summed E-state index contributed by atoms with van der Waals surface area (Å²) in [4.78, 5) is 25.2. The summed E-state index contributed by atoms with van der Waals surface area (Å²) in [6, 6.07) is 0. The fraction of sp³-hybridized carbons (Fsp3) is 0.882. The molecule has 0 bridgehead atoms. The van der Waals surface area contributed by atoms with Gasteiger partial charge in [0.15, 0.2) is 0 Å². The Balaban J connectivity index is 1.80. The Hall–Kier alpha value is -1.10. The molecule has 1 saturated carbocycles. The van der Waals surface area contributed by atoms with Crippen molar-refractivity contribution in [3.8, 4) is 0 Å².